The van der Waals surface area contributed by atoms with Crippen LogP contribution in [0, 0.1) is 29.2 Å². The van der Waals surface area contributed by atoms with Crippen LogP contribution in [0.2, 0.25) is 0 Å². The molecule has 60 valence electrons. The Labute approximate surface area is 67.6 Å². The quantitative estimate of drug-likeness (QED) is 0.487. The number of rotatable bonds is 4. The van der Waals surface area contributed by atoms with Crippen LogP contribution in [-0.4, -0.2) is 6.54 Å². The molecule has 0 saturated heterocycles. The van der Waals surface area contributed by atoms with E-state index in [-0.39, 0.29) is 0 Å². The molecule has 0 radical (unpaired) electrons. The molecular formula is C9H14N2. The van der Waals surface area contributed by atoms with Crippen LogP contribution < -0.4 is 5.32 Å². The Morgan fingerprint density at radius 1 is 1.27 bits per heavy atom. The molecule has 2 aliphatic rings. The highest BCUT2D eigenvalue weighted by molar-refractivity contribution is 4.93. The standard InChI is InChI=1S/C9H14N2/c10-6-11-5-9(7-1-2-7)8-3-4-8/h7-9,11H,1-5H2. The lowest BCUT2D eigenvalue weighted by Crippen LogP contribution is -2.21. The van der Waals surface area contributed by atoms with E-state index in [1.165, 1.54) is 25.7 Å². The summed E-state index contributed by atoms with van der Waals surface area (Å²) < 4.78 is 0. The first-order valence-electron chi connectivity index (χ1n) is 4.54. The van der Waals surface area contributed by atoms with Crippen molar-refractivity contribution >= 4 is 0 Å². The van der Waals surface area contributed by atoms with Crippen molar-refractivity contribution in [3.63, 3.8) is 0 Å². The van der Waals surface area contributed by atoms with E-state index in [1.807, 2.05) is 6.19 Å². The Kier molecular flexibility index (Phi) is 1.73. The molecular weight excluding hydrogens is 136 g/mol. The Morgan fingerprint density at radius 2 is 1.82 bits per heavy atom. The molecule has 0 heterocycles. The van der Waals surface area contributed by atoms with E-state index in [0.717, 1.165) is 24.3 Å². The monoisotopic (exact) mass is 150 g/mol. The van der Waals surface area contributed by atoms with E-state index in [1.54, 1.807) is 0 Å². The minimum atomic E-state index is 0.828. The first-order valence-corrected chi connectivity index (χ1v) is 4.54. The maximum absolute atomic E-state index is 8.36. The first-order chi connectivity index (χ1) is 5.42. The van der Waals surface area contributed by atoms with Gasteiger partial charge in [0.25, 0.3) is 0 Å². The Bertz CT molecular complexity index is 162. The second kappa shape index (κ2) is 2.73. The molecule has 0 amide bonds. The summed E-state index contributed by atoms with van der Waals surface area (Å²) in [5.41, 5.74) is 0. The molecule has 0 aromatic rings. The lowest BCUT2D eigenvalue weighted by molar-refractivity contribution is 0.399. The highest BCUT2D eigenvalue weighted by atomic mass is 14.9. The highest BCUT2D eigenvalue weighted by Gasteiger charge is 2.40. The van der Waals surface area contributed by atoms with Crippen LogP contribution in [0.1, 0.15) is 25.7 Å². The summed E-state index contributed by atoms with van der Waals surface area (Å²) in [6.45, 7) is 0.936. The summed E-state index contributed by atoms with van der Waals surface area (Å²) in [4.78, 5) is 0. The Morgan fingerprint density at radius 3 is 2.18 bits per heavy atom. The van der Waals surface area contributed by atoms with Crippen LogP contribution in [0.25, 0.3) is 0 Å². The van der Waals surface area contributed by atoms with Gasteiger partial charge in [0.2, 0.25) is 0 Å². The van der Waals surface area contributed by atoms with Crippen LogP contribution in [0.15, 0.2) is 0 Å². The molecule has 0 unspecified atom stereocenters. The summed E-state index contributed by atoms with van der Waals surface area (Å²) in [6.07, 6.45) is 7.66. The number of nitrogens with zero attached hydrogens (tertiary/aromatic N) is 1. The number of nitriles is 1. The van der Waals surface area contributed by atoms with Crippen molar-refractivity contribution in [2.75, 3.05) is 6.54 Å². The SMILES string of the molecule is N#CNCC(C1CC1)C1CC1. The number of hydrogen-bond donors (Lipinski definition) is 1. The van der Waals surface area contributed by atoms with Crippen LogP contribution in [-0.2, 0) is 0 Å². The maximum atomic E-state index is 8.36. The molecule has 2 nitrogen and oxygen atoms in total. The summed E-state index contributed by atoms with van der Waals surface area (Å²) in [7, 11) is 0. The Balaban J connectivity index is 1.78. The van der Waals surface area contributed by atoms with Crippen molar-refractivity contribution in [2.24, 2.45) is 17.8 Å². The molecule has 0 aliphatic heterocycles. The van der Waals surface area contributed by atoms with Crippen molar-refractivity contribution in [1.82, 2.24) is 5.32 Å². The zero-order valence-corrected chi connectivity index (χ0v) is 6.71. The predicted molar refractivity (Wildman–Crippen MR) is 42.6 cm³/mol. The van der Waals surface area contributed by atoms with Crippen LogP contribution in [0.4, 0.5) is 0 Å². The van der Waals surface area contributed by atoms with E-state index in [4.69, 9.17) is 5.26 Å². The highest BCUT2D eigenvalue weighted by Crippen LogP contribution is 2.48. The normalized spacial score (nSPS) is 23.3. The summed E-state index contributed by atoms with van der Waals surface area (Å²) in [6, 6.07) is 0. The third kappa shape index (κ3) is 1.65. The van der Waals surface area contributed by atoms with Gasteiger partial charge in [-0.3, -0.25) is 0 Å². The van der Waals surface area contributed by atoms with Crippen molar-refractivity contribution in [3.05, 3.63) is 0 Å². The molecule has 1 N–H and O–H groups in total. The smallest absolute Gasteiger partial charge is 0.176 e. The van der Waals surface area contributed by atoms with Crippen LogP contribution in [0.3, 0.4) is 0 Å². The Hall–Kier alpha value is -0.710. The number of nitrogens with one attached hydrogen (secondary N) is 1. The topological polar surface area (TPSA) is 35.8 Å². The molecule has 2 fully saturated rings. The molecule has 2 heteroatoms. The lowest BCUT2D eigenvalue weighted by atomic mass is 9.98. The zero-order chi connectivity index (χ0) is 7.68. The van der Waals surface area contributed by atoms with Crippen molar-refractivity contribution in [3.8, 4) is 6.19 Å². The largest absolute Gasteiger partial charge is 0.324 e. The van der Waals surface area contributed by atoms with Gasteiger partial charge in [-0.1, -0.05) is 0 Å². The fraction of sp³-hybridized carbons (Fsp3) is 0.889. The van der Waals surface area contributed by atoms with Gasteiger partial charge in [0.05, 0.1) is 0 Å². The van der Waals surface area contributed by atoms with Crippen molar-refractivity contribution in [1.29, 1.82) is 5.26 Å². The molecule has 0 aromatic carbocycles. The van der Waals surface area contributed by atoms with Gasteiger partial charge in [0.15, 0.2) is 6.19 Å². The van der Waals surface area contributed by atoms with Gasteiger partial charge in [-0.05, 0) is 43.4 Å². The molecule has 2 saturated carbocycles. The van der Waals surface area contributed by atoms with Gasteiger partial charge >= 0.3 is 0 Å². The summed E-state index contributed by atoms with van der Waals surface area (Å²) in [5, 5.41) is 11.2. The average molecular weight is 150 g/mol. The van der Waals surface area contributed by atoms with Gasteiger partial charge in [-0.2, -0.15) is 5.26 Å². The van der Waals surface area contributed by atoms with Gasteiger partial charge in [0.1, 0.15) is 0 Å². The number of hydrogen-bond acceptors (Lipinski definition) is 2. The molecule has 2 rings (SSSR count). The van der Waals surface area contributed by atoms with Gasteiger partial charge in [-0.25, -0.2) is 0 Å². The third-order valence-electron chi connectivity index (χ3n) is 2.87. The maximum Gasteiger partial charge on any atom is 0.176 e. The fourth-order valence-corrected chi connectivity index (χ4v) is 1.93. The average Bonchev–Trinajstić information content (AvgIpc) is 2.85. The molecule has 11 heavy (non-hydrogen) atoms. The molecule has 0 spiro atoms. The van der Waals surface area contributed by atoms with Gasteiger partial charge < -0.3 is 5.32 Å². The molecule has 2 aliphatic carbocycles. The van der Waals surface area contributed by atoms with E-state index < -0.39 is 0 Å². The second-order valence-corrected chi connectivity index (χ2v) is 3.83. The van der Waals surface area contributed by atoms with Crippen molar-refractivity contribution in [2.45, 2.75) is 25.7 Å². The molecule has 0 atom stereocenters. The summed E-state index contributed by atoms with van der Waals surface area (Å²) in [5.74, 6) is 2.75. The van der Waals surface area contributed by atoms with E-state index in [9.17, 15) is 0 Å². The minimum Gasteiger partial charge on any atom is -0.324 e. The third-order valence-corrected chi connectivity index (χ3v) is 2.87. The van der Waals surface area contributed by atoms with Crippen molar-refractivity contribution < 1.29 is 0 Å². The first kappa shape index (κ1) is 6.97. The fourth-order valence-electron chi connectivity index (χ4n) is 1.93. The lowest BCUT2D eigenvalue weighted by Gasteiger charge is -2.12. The molecule has 0 bridgehead atoms. The van der Waals surface area contributed by atoms with Gasteiger partial charge in [0, 0.05) is 6.54 Å². The minimum absolute atomic E-state index is 0.828. The van der Waals surface area contributed by atoms with E-state index >= 15 is 0 Å². The van der Waals surface area contributed by atoms with Crippen LogP contribution >= 0.6 is 0 Å². The van der Waals surface area contributed by atoms with Crippen LogP contribution in [0.5, 0.6) is 0 Å². The van der Waals surface area contributed by atoms with Gasteiger partial charge in [-0.15, -0.1) is 0 Å². The second-order valence-electron chi connectivity index (χ2n) is 3.83. The zero-order valence-electron chi connectivity index (χ0n) is 6.71. The predicted octanol–water partition coefficient (Wildman–Crippen LogP) is 1.49. The molecule has 0 aromatic heterocycles. The summed E-state index contributed by atoms with van der Waals surface area (Å²) >= 11 is 0. The van der Waals surface area contributed by atoms with E-state index in [2.05, 4.69) is 5.32 Å². The van der Waals surface area contributed by atoms with E-state index in [0.29, 0.717) is 0 Å².